The number of aromatic nitrogens is 1. The minimum atomic E-state index is -0.505. The number of nitrogens with zero attached hydrogens (tertiary/aromatic N) is 2. The van der Waals surface area contributed by atoms with E-state index in [1.54, 1.807) is 38.4 Å². The SMILES string of the molecule is CCOc1ccc(Cl)c(C(=O)Nc2ccc(C(=O)N(C)C)c(Cl)c2)n1. The predicted molar refractivity (Wildman–Crippen MR) is 97.8 cm³/mol. The summed E-state index contributed by atoms with van der Waals surface area (Å²) in [5.41, 5.74) is 0.807. The lowest BCUT2D eigenvalue weighted by Crippen LogP contribution is -2.22. The number of rotatable bonds is 5. The topological polar surface area (TPSA) is 71.5 Å². The molecule has 0 fully saturated rings. The van der Waals surface area contributed by atoms with Gasteiger partial charge >= 0.3 is 0 Å². The highest BCUT2D eigenvalue weighted by molar-refractivity contribution is 6.35. The van der Waals surface area contributed by atoms with Crippen molar-refractivity contribution in [2.45, 2.75) is 6.92 Å². The normalized spacial score (nSPS) is 10.3. The maximum Gasteiger partial charge on any atom is 0.275 e. The second-order valence-corrected chi connectivity index (χ2v) is 6.08. The first-order valence-electron chi connectivity index (χ1n) is 7.45. The van der Waals surface area contributed by atoms with Gasteiger partial charge in [0.25, 0.3) is 11.8 Å². The Bertz CT molecular complexity index is 810. The molecule has 1 aromatic carbocycles. The monoisotopic (exact) mass is 381 g/mol. The lowest BCUT2D eigenvalue weighted by Gasteiger charge is -2.13. The molecule has 0 aliphatic carbocycles. The van der Waals surface area contributed by atoms with Gasteiger partial charge in [-0.1, -0.05) is 23.2 Å². The van der Waals surface area contributed by atoms with E-state index < -0.39 is 5.91 Å². The highest BCUT2D eigenvalue weighted by atomic mass is 35.5. The largest absolute Gasteiger partial charge is 0.478 e. The number of hydrogen-bond acceptors (Lipinski definition) is 4. The predicted octanol–water partition coefficient (Wildman–Crippen LogP) is 3.74. The van der Waals surface area contributed by atoms with Crippen LogP contribution in [0.1, 0.15) is 27.8 Å². The zero-order valence-electron chi connectivity index (χ0n) is 14.0. The molecule has 6 nitrogen and oxygen atoms in total. The van der Waals surface area contributed by atoms with E-state index in [1.165, 1.54) is 11.0 Å². The number of benzene rings is 1. The van der Waals surface area contributed by atoms with Gasteiger partial charge < -0.3 is 15.0 Å². The third-order valence-electron chi connectivity index (χ3n) is 3.19. The number of nitrogens with one attached hydrogen (secondary N) is 1. The molecule has 0 bridgehead atoms. The molecule has 2 amide bonds. The lowest BCUT2D eigenvalue weighted by atomic mass is 10.2. The maximum absolute atomic E-state index is 12.4. The summed E-state index contributed by atoms with van der Waals surface area (Å²) in [6.45, 7) is 2.24. The Balaban J connectivity index is 2.22. The third-order valence-corrected chi connectivity index (χ3v) is 3.81. The van der Waals surface area contributed by atoms with Crippen molar-refractivity contribution in [2.24, 2.45) is 0 Å². The van der Waals surface area contributed by atoms with E-state index in [4.69, 9.17) is 27.9 Å². The van der Waals surface area contributed by atoms with Crippen LogP contribution in [0, 0.1) is 0 Å². The van der Waals surface area contributed by atoms with Crippen LogP contribution in [0.15, 0.2) is 30.3 Å². The first kappa shape index (κ1) is 19.0. The second kappa shape index (κ2) is 8.18. The minimum absolute atomic E-state index is 0.0391. The molecule has 0 aliphatic rings. The van der Waals surface area contributed by atoms with Crippen LogP contribution in [0.3, 0.4) is 0 Å². The van der Waals surface area contributed by atoms with Crippen LogP contribution >= 0.6 is 23.2 Å². The Morgan fingerprint density at radius 3 is 2.48 bits per heavy atom. The zero-order chi connectivity index (χ0) is 18.6. The van der Waals surface area contributed by atoms with Gasteiger partial charge in [-0.3, -0.25) is 9.59 Å². The van der Waals surface area contributed by atoms with Crippen molar-refractivity contribution in [3.63, 3.8) is 0 Å². The Morgan fingerprint density at radius 2 is 1.88 bits per heavy atom. The van der Waals surface area contributed by atoms with Crippen LogP contribution in [0.2, 0.25) is 10.0 Å². The summed E-state index contributed by atoms with van der Waals surface area (Å²) in [6, 6.07) is 7.75. The summed E-state index contributed by atoms with van der Waals surface area (Å²) < 4.78 is 5.27. The zero-order valence-corrected chi connectivity index (χ0v) is 15.5. The van der Waals surface area contributed by atoms with Crippen molar-refractivity contribution in [1.82, 2.24) is 9.88 Å². The van der Waals surface area contributed by atoms with Gasteiger partial charge in [-0.25, -0.2) is 4.98 Å². The molecule has 2 rings (SSSR count). The molecule has 0 spiro atoms. The molecule has 0 atom stereocenters. The van der Waals surface area contributed by atoms with Gasteiger partial charge in [0.15, 0.2) is 5.69 Å². The summed E-state index contributed by atoms with van der Waals surface area (Å²) >= 11 is 12.2. The van der Waals surface area contributed by atoms with Crippen LogP contribution in [0.4, 0.5) is 5.69 Å². The first-order valence-corrected chi connectivity index (χ1v) is 8.21. The van der Waals surface area contributed by atoms with Crippen LogP contribution < -0.4 is 10.1 Å². The van der Waals surface area contributed by atoms with Gasteiger partial charge in [0, 0.05) is 25.8 Å². The number of halogens is 2. The van der Waals surface area contributed by atoms with Gasteiger partial charge in [0.1, 0.15) is 0 Å². The summed E-state index contributed by atoms with van der Waals surface area (Å²) in [7, 11) is 3.26. The molecule has 1 heterocycles. The quantitative estimate of drug-likeness (QED) is 0.855. The smallest absolute Gasteiger partial charge is 0.275 e. The fourth-order valence-corrected chi connectivity index (χ4v) is 2.46. The molecule has 2 aromatic rings. The number of ether oxygens (including phenoxy) is 1. The highest BCUT2D eigenvalue weighted by Gasteiger charge is 2.16. The number of carbonyl (C=O) groups is 2. The number of amides is 2. The van der Waals surface area contributed by atoms with Crippen molar-refractivity contribution in [1.29, 1.82) is 0 Å². The molecule has 1 aromatic heterocycles. The number of anilines is 1. The average molecular weight is 382 g/mol. The van der Waals surface area contributed by atoms with Crippen LogP contribution in [-0.2, 0) is 0 Å². The van der Waals surface area contributed by atoms with Crippen LogP contribution in [0.25, 0.3) is 0 Å². The molecular weight excluding hydrogens is 365 g/mol. The molecule has 0 saturated carbocycles. The van der Waals surface area contributed by atoms with Crippen molar-refractivity contribution in [3.8, 4) is 5.88 Å². The molecular formula is C17H17Cl2N3O3. The fraction of sp³-hybridized carbons (Fsp3) is 0.235. The summed E-state index contributed by atoms with van der Waals surface area (Å²) in [4.78, 5) is 29.9. The van der Waals surface area contributed by atoms with Gasteiger partial charge in [0.05, 0.1) is 22.2 Å². The average Bonchev–Trinajstić information content (AvgIpc) is 2.56. The van der Waals surface area contributed by atoms with Crippen molar-refractivity contribution >= 4 is 40.7 Å². The maximum atomic E-state index is 12.4. The third kappa shape index (κ3) is 4.61. The van der Waals surface area contributed by atoms with E-state index >= 15 is 0 Å². The molecule has 1 N–H and O–H groups in total. The summed E-state index contributed by atoms with van der Waals surface area (Å²) in [5, 5.41) is 3.09. The lowest BCUT2D eigenvalue weighted by molar-refractivity contribution is 0.0827. The van der Waals surface area contributed by atoms with E-state index in [0.29, 0.717) is 23.7 Å². The highest BCUT2D eigenvalue weighted by Crippen LogP contribution is 2.24. The molecule has 0 radical (unpaired) electrons. The van der Waals surface area contributed by atoms with Gasteiger partial charge in [-0.2, -0.15) is 0 Å². The van der Waals surface area contributed by atoms with E-state index in [-0.39, 0.29) is 21.6 Å². The van der Waals surface area contributed by atoms with Crippen LogP contribution in [-0.4, -0.2) is 42.4 Å². The number of carbonyl (C=O) groups excluding carboxylic acids is 2. The molecule has 132 valence electrons. The van der Waals surface area contributed by atoms with Crippen molar-refractivity contribution in [2.75, 3.05) is 26.0 Å². The molecule has 25 heavy (non-hydrogen) atoms. The van der Waals surface area contributed by atoms with Crippen molar-refractivity contribution in [3.05, 3.63) is 51.6 Å². The second-order valence-electron chi connectivity index (χ2n) is 5.26. The molecule has 0 unspecified atom stereocenters. The fourth-order valence-electron chi connectivity index (χ4n) is 2.01. The first-order chi connectivity index (χ1) is 11.8. The Hall–Kier alpha value is -2.31. The van der Waals surface area contributed by atoms with E-state index in [0.717, 1.165) is 0 Å². The van der Waals surface area contributed by atoms with Gasteiger partial charge in [-0.05, 0) is 31.2 Å². The van der Waals surface area contributed by atoms with Gasteiger partial charge in [0.2, 0.25) is 5.88 Å². The summed E-state index contributed by atoms with van der Waals surface area (Å²) in [6.07, 6.45) is 0. The molecule has 8 heteroatoms. The van der Waals surface area contributed by atoms with Crippen LogP contribution in [0.5, 0.6) is 5.88 Å². The Kier molecular flexibility index (Phi) is 6.22. The summed E-state index contributed by atoms with van der Waals surface area (Å²) in [5.74, 6) is -0.423. The minimum Gasteiger partial charge on any atom is -0.478 e. The number of pyridine rings is 1. The molecule has 0 saturated heterocycles. The van der Waals surface area contributed by atoms with Gasteiger partial charge in [-0.15, -0.1) is 0 Å². The van der Waals surface area contributed by atoms with Crippen molar-refractivity contribution < 1.29 is 14.3 Å². The number of hydrogen-bond donors (Lipinski definition) is 1. The Morgan fingerprint density at radius 1 is 1.16 bits per heavy atom. The molecule has 0 aliphatic heterocycles. The van der Waals surface area contributed by atoms with E-state index in [9.17, 15) is 9.59 Å². The Labute approximate surface area is 155 Å². The standard InChI is InChI=1S/C17H17Cl2N3O3/c1-4-25-14-8-7-12(18)15(21-14)16(23)20-10-5-6-11(13(19)9-10)17(24)22(2)3/h5-9H,4H2,1-3H3,(H,20,23). The van der Waals surface area contributed by atoms with E-state index in [2.05, 4.69) is 10.3 Å². The van der Waals surface area contributed by atoms with E-state index in [1.807, 2.05) is 6.92 Å².